The first-order chi connectivity index (χ1) is 12.0. The van der Waals surface area contributed by atoms with Crippen molar-refractivity contribution in [2.45, 2.75) is 11.4 Å². The SMILES string of the molecule is O=S(=O)(c1ccccc1)N(Cc1ccccc1F)c1ccc(Cl)cc1. The van der Waals surface area contributed by atoms with Crippen LogP contribution in [0.25, 0.3) is 0 Å². The van der Waals surface area contributed by atoms with Crippen LogP contribution in [0.2, 0.25) is 5.02 Å². The summed E-state index contributed by atoms with van der Waals surface area (Å²) in [5.74, 6) is -0.454. The molecule has 0 saturated carbocycles. The van der Waals surface area contributed by atoms with Gasteiger partial charge in [0.15, 0.2) is 0 Å². The average molecular weight is 376 g/mol. The van der Waals surface area contributed by atoms with E-state index in [9.17, 15) is 12.8 Å². The van der Waals surface area contributed by atoms with Crippen LogP contribution in [0.4, 0.5) is 10.1 Å². The number of sulfonamides is 1. The zero-order valence-electron chi connectivity index (χ0n) is 13.1. The Bertz CT molecular complexity index is 960. The van der Waals surface area contributed by atoms with Crippen molar-refractivity contribution in [3.8, 4) is 0 Å². The van der Waals surface area contributed by atoms with Crippen molar-refractivity contribution in [1.29, 1.82) is 0 Å². The van der Waals surface area contributed by atoms with Gasteiger partial charge in [0.05, 0.1) is 17.1 Å². The van der Waals surface area contributed by atoms with Crippen LogP contribution in [0.15, 0.2) is 83.8 Å². The first-order valence-electron chi connectivity index (χ1n) is 7.55. The maximum atomic E-state index is 14.1. The number of hydrogen-bond acceptors (Lipinski definition) is 2. The molecular weight excluding hydrogens is 361 g/mol. The van der Waals surface area contributed by atoms with Crippen molar-refractivity contribution < 1.29 is 12.8 Å². The molecule has 0 aliphatic heterocycles. The summed E-state index contributed by atoms with van der Waals surface area (Å²) in [5, 5.41) is 0.492. The lowest BCUT2D eigenvalue weighted by Gasteiger charge is -2.25. The Morgan fingerprint density at radius 2 is 1.44 bits per heavy atom. The van der Waals surface area contributed by atoms with E-state index in [4.69, 9.17) is 11.6 Å². The quantitative estimate of drug-likeness (QED) is 0.637. The number of halogens is 2. The molecule has 0 spiro atoms. The molecule has 3 aromatic rings. The van der Waals surface area contributed by atoms with Gasteiger partial charge in [0.25, 0.3) is 10.0 Å². The summed E-state index contributed by atoms with van der Waals surface area (Å²) < 4.78 is 41.5. The van der Waals surface area contributed by atoms with Crippen molar-refractivity contribution in [2.75, 3.05) is 4.31 Å². The molecular formula is C19H15ClFNO2S. The Morgan fingerprint density at radius 1 is 0.840 bits per heavy atom. The van der Waals surface area contributed by atoms with Crippen LogP contribution in [0.5, 0.6) is 0 Å². The molecule has 0 N–H and O–H groups in total. The molecule has 3 nitrogen and oxygen atoms in total. The highest BCUT2D eigenvalue weighted by atomic mass is 35.5. The second-order valence-corrected chi connectivity index (χ2v) is 7.69. The van der Waals surface area contributed by atoms with Gasteiger partial charge in [0.1, 0.15) is 5.82 Å². The maximum Gasteiger partial charge on any atom is 0.264 e. The highest BCUT2D eigenvalue weighted by Gasteiger charge is 2.25. The fourth-order valence-corrected chi connectivity index (χ4v) is 4.01. The minimum absolute atomic E-state index is 0.120. The van der Waals surface area contributed by atoms with E-state index < -0.39 is 15.8 Å². The number of rotatable bonds is 5. The predicted molar refractivity (Wildman–Crippen MR) is 97.7 cm³/mol. The van der Waals surface area contributed by atoms with Gasteiger partial charge >= 0.3 is 0 Å². The summed E-state index contributed by atoms with van der Waals surface area (Å²) in [6.45, 7) is -0.120. The topological polar surface area (TPSA) is 37.4 Å². The molecule has 0 aliphatic carbocycles. The third-order valence-electron chi connectivity index (χ3n) is 3.72. The molecule has 0 aliphatic rings. The van der Waals surface area contributed by atoms with Crippen LogP contribution in [0.3, 0.4) is 0 Å². The van der Waals surface area contributed by atoms with Gasteiger partial charge in [-0.1, -0.05) is 48.0 Å². The van der Waals surface area contributed by atoms with Crippen LogP contribution >= 0.6 is 11.6 Å². The normalized spacial score (nSPS) is 11.3. The smallest absolute Gasteiger partial charge is 0.262 e. The van der Waals surface area contributed by atoms with Gasteiger partial charge in [-0.25, -0.2) is 12.8 Å². The third-order valence-corrected chi connectivity index (χ3v) is 5.76. The number of nitrogens with zero attached hydrogens (tertiary/aromatic N) is 1. The largest absolute Gasteiger partial charge is 0.264 e. The van der Waals surface area contributed by atoms with Crippen molar-refractivity contribution in [3.63, 3.8) is 0 Å². The Kier molecular flexibility index (Phi) is 5.06. The lowest BCUT2D eigenvalue weighted by Crippen LogP contribution is -2.30. The summed E-state index contributed by atoms with van der Waals surface area (Å²) in [4.78, 5) is 0.140. The lowest BCUT2D eigenvalue weighted by molar-refractivity contribution is 0.585. The minimum atomic E-state index is -3.86. The molecule has 0 amide bonds. The van der Waals surface area contributed by atoms with E-state index in [1.807, 2.05) is 0 Å². The molecule has 0 heterocycles. The molecule has 3 aromatic carbocycles. The van der Waals surface area contributed by atoms with E-state index in [1.54, 1.807) is 60.7 Å². The highest BCUT2D eigenvalue weighted by Crippen LogP contribution is 2.27. The summed E-state index contributed by atoms with van der Waals surface area (Å²) in [7, 11) is -3.86. The van der Waals surface area contributed by atoms with Gasteiger partial charge in [0.2, 0.25) is 0 Å². The van der Waals surface area contributed by atoms with Crippen LogP contribution in [0, 0.1) is 5.82 Å². The first kappa shape index (κ1) is 17.5. The molecule has 0 bridgehead atoms. The zero-order valence-corrected chi connectivity index (χ0v) is 14.7. The summed E-state index contributed by atoms with van der Waals surface area (Å²) in [6, 6.07) is 20.6. The van der Waals surface area contributed by atoms with Gasteiger partial charge < -0.3 is 0 Å². The second-order valence-electron chi connectivity index (χ2n) is 5.39. The van der Waals surface area contributed by atoms with Gasteiger partial charge in [-0.3, -0.25) is 4.31 Å². The lowest BCUT2D eigenvalue weighted by atomic mass is 10.2. The molecule has 0 fully saturated rings. The monoisotopic (exact) mass is 375 g/mol. The van der Waals surface area contributed by atoms with E-state index in [0.29, 0.717) is 10.7 Å². The molecule has 0 radical (unpaired) electrons. The van der Waals surface area contributed by atoms with Crippen LogP contribution in [0.1, 0.15) is 5.56 Å². The zero-order chi connectivity index (χ0) is 17.9. The first-order valence-corrected chi connectivity index (χ1v) is 9.37. The number of anilines is 1. The van der Waals surface area contributed by atoms with E-state index in [0.717, 1.165) is 0 Å². The van der Waals surface area contributed by atoms with E-state index in [-0.39, 0.29) is 17.0 Å². The molecule has 25 heavy (non-hydrogen) atoms. The Morgan fingerprint density at radius 3 is 2.08 bits per heavy atom. The summed E-state index contributed by atoms with van der Waals surface area (Å²) in [5.41, 5.74) is 0.702. The van der Waals surface area contributed by atoms with Crippen molar-refractivity contribution in [3.05, 3.63) is 95.3 Å². The van der Waals surface area contributed by atoms with Crippen LogP contribution in [-0.4, -0.2) is 8.42 Å². The molecule has 0 atom stereocenters. The Hall–Kier alpha value is -2.37. The molecule has 0 unspecified atom stereocenters. The van der Waals surface area contributed by atoms with Gasteiger partial charge in [-0.15, -0.1) is 0 Å². The average Bonchev–Trinajstić information content (AvgIpc) is 2.62. The predicted octanol–water partition coefficient (Wildman–Crippen LogP) is 4.87. The highest BCUT2D eigenvalue weighted by molar-refractivity contribution is 7.92. The number of hydrogen-bond donors (Lipinski definition) is 0. The maximum absolute atomic E-state index is 14.1. The molecule has 3 rings (SSSR count). The Labute approximate surface area is 151 Å². The van der Waals surface area contributed by atoms with Crippen LogP contribution < -0.4 is 4.31 Å². The van der Waals surface area contributed by atoms with Crippen molar-refractivity contribution in [1.82, 2.24) is 0 Å². The molecule has 6 heteroatoms. The molecule has 0 aromatic heterocycles. The Balaban J connectivity index is 2.09. The molecule has 128 valence electrons. The van der Waals surface area contributed by atoms with E-state index in [1.165, 1.54) is 22.5 Å². The minimum Gasteiger partial charge on any atom is -0.262 e. The van der Waals surface area contributed by atoms with Crippen molar-refractivity contribution in [2.24, 2.45) is 0 Å². The fraction of sp³-hybridized carbons (Fsp3) is 0.0526. The summed E-state index contributed by atoms with van der Waals surface area (Å²) >= 11 is 5.91. The standard InChI is InChI=1S/C19H15ClFNO2S/c20-16-10-12-17(13-11-16)22(14-15-6-4-5-9-19(15)21)25(23,24)18-7-2-1-3-8-18/h1-13H,14H2. The van der Waals surface area contributed by atoms with Gasteiger partial charge in [-0.05, 0) is 42.5 Å². The second kappa shape index (κ2) is 7.25. The van der Waals surface area contributed by atoms with Gasteiger partial charge in [-0.2, -0.15) is 0 Å². The van der Waals surface area contributed by atoms with Gasteiger partial charge in [0, 0.05) is 10.6 Å². The van der Waals surface area contributed by atoms with E-state index in [2.05, 4.69) is 0 Å². The van der Waals surface area contributed by atoms with Crippen LogP contribution in [-0.2, 0) is 16.6 Å². The summed E-state index contributed by atoms with van der Waals surface area (Å²) in [6.07, 6.45) is 0. The fourth-order valence-electron chi connectivity index (χ4n) is 2.42. The third kappa shape index (κ3) is 3.83. The number of benzene rings is 3. The van der Waals surface area contributed by atoms with E-state index >= 15 is 0 Å². The van der Waals surface area contributed by atoms with Crippen molar-refractivity contribution >= 4 is 27.3 Å². The molecule has 0 saturated heterocycles.